The van der Waals surface area contributed by atoms with Crippen LogP contribution < -0.4 is 0 Å². The Hall–Kier alpha value is 0.0169. The SMILES string of the molecule is CCO[Si](C)(CCN(CCCN(C)C)CCCN(C)C)OCC. The predicted octanol–water partition coefficient (Wildman–Crippen LogP) is 2.34. The summed E-state index contributed by atoms with van der Waals surface area (Å²) in [5, 5.41) is 0. The van der Waals surface area contributed by atoms with Crippen LogP contribution >= 0.6 is 0 Å². The minimum atomic E-state index is -2.00. The summed E-state index contributed by atoms with van der Waals surface area (Å²) >= 11 is 0. The molecule has 0 aromatic rings. The first-order valence-corrected chi connectivity index (χ1v) is 11.6. The molecule has 0 unspecified atom stereocenters. The van der Waals surface area contributed by atoms with Crippen molar-refractivity contribution in [2.45, 2.75) is 39.3 Å². The van der Waals surface area contributed by atoms with Gasteiger partial charge in [0, 0.05) is 25.8 Å². The van der Waals surface area contributed by atoms with Gasteiger partial charge < -0.3 is 23.6 Å². The minimum absolute atomic E-state index is 0.754. The van der Waals surface area contributed by atoms with Gasteiger partial charge in [0.1, 0.15) is 0 Å². The fourth-order valence-corrected chi connectivity index (χ4v) is 5.03. The topological polar surface area (TPSA) is 28.2 Å². The lowest BCUT2D eigenvalue weighted by atomic mass is 10.3. The Balaban J connectivity index is 4.39. The maximum Gasteiger partial charge on any atom is 0.336 e. The fraction of sp³-hybridized carbons (Fsp3) is 1.00. The van der Waals surface area contributed by atoms with Gasteiger partial charge in [-0.25, -0.2) is 0 Å². The average molecular weight is 348 g/mol. The van der Waals surface area contributed by atoms with E-state index in [0.717, 1.165) is 52.0 Å². The monoisotopic (exact) mass is 347 g/mol. The van der Waals surface area contributed by atoms with Gasteiger partial charge in [-0.15, -0.1) is 0 Å². The van der Waals surface area contributed by atoms with Gasteiger partial charge in [-0.2, -0.15) is 0 Å². The van der Waals surface area contributed by atoms with Crippen molar-refractivity contribution in [3.05, 3.63) is 0 Å². The Morgan fingerprint density at radius 2 is 1.13 bits per heavy atom. The van der Waals surface area contributed by atoms with Crippen molar-refractivity contribution >= 4 is 8.56 Å². The highest BCUT2D eigenvalue weighted by atomic mass is 28.4. The molecule has 0 saturated carbocycles. The molecule has 5 nitrogen and oxygen atoms in total. The van der Waals surface area contributed by atoms with Gasteiger partial charge in [0.2, 0.25) is 0 Å². The zero-order valence-electron chi connectivity index (χ0n) is 16.7. The summed E-state index contributed by atoms with van der Waals surface area (Å²) in [7, 11) is 6.58. The van der Waals surface area contributed by atoms with E-state index in [1.807, 2.05) is 0 Å². The summed E-state index contributed by atoms with van der Waals surface area (Å²) < 4.78 is 12.0. The van der Waals surface area contributed by atoms with Crippen molar-refractivity contribution in [2.24, 2.45) is 0 Å². The summed E-state index contributed by atoms with van der Waals surface area (Å²) in [5.41, 5.74) is 0. The van der Waals surface area contributed by atoms with Gasteiger partial charge in [0.05, 0.1) is 0 Å². The molecule has 0 aliphatic rings. The second kappa shape index (κ2) is 13.3. The Bertz CT molecular complexity index is 259. The van der Waals surface area contributed by atoms with Crippen LogP contribution in [-0.4, -0.2) is 97.4 Å². The van der Waals surface area contributed by atoms with E-state index >= 15 is 0 Å². The van der Waals surface area contributed by atoms with E-state index in [0.29, 0.717) is 0 Å². The van der Waals surface area contributed by atoms with E-state index < -0.39 is 8.56 Å². The first-order chi connectivity index (χ1) is 10.8. The highest BCUT2D eigenvalue weighted by molar-refractivity contribution is 6.66. The molecular weight excluding hydrogens is 306 g/mol. The Labute approximate surface area is 146 Å². The van der Waals surface area contributed by atoms with Crippen LogP contribution in [0.25, 0.3) is 0 Å². The molecule has 0 rings (SSSR count). The normalized spacial score (nSPS) is 12.8. The molecule has 0 bridgehead atoms. The molecule has 140 valence electrons. The van der Waals surface area contributed by atoms with Gasteiger partial charge in [0.25, 0.3) is 0 Å². The summed E-state index contributed by atoms with van der Waals surface area (Å²) in [5.74, 6) is 0. The van der Waals surface area contributed by atoms with Gasteiger partial charge >= 0.3 is 8.56 Å². The van der Waals surface area contributed by atoms with Crippen molar-refractivity contribution in [3.8, 4) is 0 Å². The van der Waals surface area contributed by atoms with Crippen molar-refractivity contribution < 1.29 is 8.85 Å². The molecule has 0 aliphatic heterocycles. The molecular formula is C17H41N3O2Si. The van der Waals surface area contributed by atoms with Crippen LogP contribution in [0.5, 0.6) is 0 Å². The van der Waals surface area contributed by atoms with E-state index in [4.69, 9.17) is 8.85 Å². The second-order valence-electron chi connectivity index (χ2n) is 6.91. The van der Waals surface area contributed by atoms with Gasteiger partial charge in [-0.05, 0) is 87.6 Å². The van der Waals surface area contributed by atoms with Crippen LogP contribution in [0.1, 0.15) is 26.7 Å². The van der Waals surface area contributed by atoms with Crippen molar-refractivity contribution in [1.29, 1.82) is 0 Å². The molecule has 0 heterocycles. The molecule has 0 saturated heterocycles. The largest absolute Gasteiger partial charge is 0.395 e. The molecule has 0 N–H and O–H groups in total. The lowest BCUT2D eigenvalue weighted by molar-refractivity contribution is 0.178. The maximum atomic E-state index is 5.98. The van der Waals surface area contributed by atoms with Crippen LogP contribution in [-0.2, 0) is 8.85 Å². The van der Waals surface area contributed by atoms with E-state index in [-0.39, 0.29) is 0 Å². The van der Waals surface area contributed by atoms with Crippen LogP contribution in [0, 0.1) is 0 Å². The Morgan fingerprint density at radius 1 is 0.696 bits per heavy atom. The molecule has 0 aromatic carbocycles. The maximum absolute atomic E-state index is 5.98. The summed E-state index contributed by atoms with van der Waals surface area (Å²) in [4.78, 5) is 7.12. The quantitative estimate of drug-likeness (QED) is 0.424. The minimum Gasteiger partial charge on any atom is -0.395 e. The van der Waals surface area contributed by atoms with Crippen molar-refractivity contribution in [1.82, 2.24) is 14.7 Å². The number of hydrogen-bond acceptors (Lipinski definition) is 5. The number of rotatable bonds is 15. The Kier molecular flexibility index (Phi) is 13.3. The second-order valence-corrected chi connectivity index (χ2v) is 10.3. The highest BCUT2D eigenvalue weighted by Crippen LogP contribution is 2.15. The zero-order chi connectivity index (χ0) is 17.7. The van der Waals surface area contributed by atoms with E-state index in [2.05, 4.69) is 63.3 Å². The zero-order valence-corrected chi connectivity index (χ0v) is 17.7. The van der Waals surface area contributed by atoms with Gasteiger partial charge in [-0.1, -0.05) is 0 Å². The predicted molar refractivity (Wildman–Crippen MR) is 102 cm³/mol. The van der Waals surface area contributed by atoms with Gasteiger partial charge in [0.15, 0.2) is 0 Å². The summed E-state index contributed by atoms with van der Waals surface area (Å²) in [6.45, 7) is 13.6. The molecule has 23 heavy (non-hydrogen) atoms. The number of hydrogen-bond donors (Lipinski definition) is 0. The van der Waals surface area contributed by atoms with E-state index in [1.54, 1.807) is 0 Å². The van der Waals surface area contributed by atoms with Crippen molar-refractivity contribution in [3.63, 3.8) is 0 Å². The summed E-state index contributed by atoms with van der Waals surface area (Å²) in [6, 6.07) is 1.05. The average Bonchev–Trinajstić information content (AvgIpc) is 2.44. The van der Waals surface area contributed by atoms with Crippen molar-refractivity contribution in [2.75, 3.05) is 74.1 Å². The summed E-state index contributed by atoms with van der Waals surface area (Å²) in [6.07, 6.45) is 2.44. The Morgan fingerprint density at radius 3 is 1.48 bits per heavy atom. The fourth-order valence-electron chi connectivity index (χ4n) is 2.71. The molecule has 0 spiro atoms. The molecule has 0 radical (unpaired) electrons. The molecule has 0 aromatic heterocycles. The highest BCUT2D eigenvalue weighted by Gasteiger charge is 2.30. The molecule has 6 heteroatoms. The molecule has 0 amide bonds. The third-order valence-electron chi connectivity index (χ3n) is 3.94. The number of nitrogens with zero attached hydrogens (tertiary/aromatic N) is 3. The first-order valence-electron chi connectivity index (χ1n) is 9.12. The third-order valence-corrected chi connectivity index (χ3v) is 6.87. The van der Waals surface area contributed by atoms with Crippen LogP contribution in [0.3, 0.4) is 0 Å². The van der Waals surface area contributed by atoms with Gasteiger partial charge in [-0.3, -0.25) is 0 Å². The molecule has 0 atom stereocenters. The lowest BCUT2D eigenvalue weighted by Gasteiger charge is -2.30. The molecule has 0 fully saturated rings. The van der Waals surface area contributed by atoms with E-state index in [9.17, 15) is 0 Å². The van der Waals surface area contributed by atoms with Crippen LogP contribution in [0.15, 0.2) is 0 Å². The van der Waals surface area contributed by atoms with Crippen LogP contribution in [0.2, 0.25) is 12.6 Å². The van der Waals surface area contributed by atoms with Crippen LogP contribution in [0.4, 0.5) is 0 Å². The van der Waals surface area contributed by atoms with E-state index in [1.165, 1.54) is 12.8 Å². The lowest BCUT2D eigenvalue weighted by Crippen LogP contribution is -2.43. The smallest absolute Gasteiger partial charge is 0.336 e. The standard InChI is InChI=1S/C17H41N3O2Si/c1-8-21-23(7,22-9-2)17-16-20(14-10-12-18(3)4)15-11-13-19(5)6/h8-17H2,1-7H3. The molecule has 0 aliphatic carbocycles. The first kappa shape index (κ1) is 23.0. The third kappa shape index (κ3) is 13.0.